The fourth-order valence-electron chi connectivity index (χ4n) is 1.66. The lowest BCUT2D eigenvalue weighted by atomic mass is 10.1. The molecule has 0 bridgehead atoms. The molecule has 92 valence electrons. The molecular weight excluding hydrogens is 216 g/mol. The lowest BCUT2D eigenvalue weighted by molar-refractivity contribution is -0.109. The summed E-state index contributed by atoms with van der Waals surface area (Å²) in [6, 6.07) is 7.67. The smallest absolute Gasteiger partial charge is 0.176 e. The highest BCUT2D eigenvalue weighted by Crippen LogP contribution is 2.18. The second-order valence-electron chi connectivity index (χ2n) is 3.91. The molecule has 0 saturated heterocycles. The van der Waals surface area contributed by atoms with E-state index in [9.17, 15) is 0 Å². The van der Waals surface area contributed by atoms with E-state index in [4.69, 9.17) is 14.7 Å². The SMILES string of the molecule is COC(OC)C(C)Nc1cc(C#N)ccc1C. The molecule has 1 rings (SSSR count). The highest BCUT2D eigenvalue weighted by Gasteiger charge is 2.16. The van der Waals surface area contributed by atoms with Crippen LogP contribution in [0.1, 0.15) is 18.1 Å². The molecule has 1 unspecified atom stereocenters. The van der Waals surface area contributed by atoms with Gasteiger partial charge in [-0.05, 0) is 31.5 Å². The lowest BCUT2D eigenvalue weighted by Gasteiger charge is -2.24. The van der Waals surface area contributed by atoms with E-state index in [0.29, 0.717) is 5.56 Å². The summed E-state index contributed by atoms with van der Waals surface area (Å²) in [5, 5.41) is 12.1. The summed E-state index contributed by atoms with van der Waals surface area (Å²) in [4.78, 5) is 0. The van der Waals surface area contributed by atoms with Crippen LogP contribution in [0.2, 0.25) is 0 Å². The van der Waals surface area contributed by atoms with Crippen molar-refractivity contribution in [1.82, 2.24) is 0 Å². The number of aryl methyl sites for hydroxylation is 1. The van der Waals surface area contributed by atoms with Gasteiger partial charge in [0.25, 0.3) is 0 Å². The Morgan fingerprint density at radius 2 is 1.94 bits per heavy atom. The summed E-state index contributed by atoms with van der Waals surface area (Å²) < 4.78 is 10.4. The van der Waals surface area contributed by atoms with Crippen molar-refractivity contribution in [2.75, 3.05) is 19.5 Å². The Kier molecular flexibility index (Phi) is 4.95. The van der Waals surface area contributed by atoms with Gasteiger partial charge in [-0.2, -0.15) is 5.26 Å². The topological polar surface area (TPSA) is 54.3 Å². The van der Waals surface area contributed by atoms with Gasteiger partial charge in [-0.25, -0.2) is 0 Å². The van der Waals surface area contributed by atoms with Gasteiger partial charge >= 0.3 is 0 Å². The Morgan fingerprint density at radius 3 is 2.47 bits per heavy atom. The third-order valence-corrected chi connectivity index (χ3v) is 2.62. The number of hydrogen-bond donors (Lipinski definition) is 1. The molecule has 4 heteroatoms. The molecule has 0 fully saturated rings. The summed E-state index contributed by atoms with van der Waals surface area (Å²) in [6.07, 6.45) is -0.319. The van der Waals surface area contributed by atoms with E-state index in [1.54, 1.807) is 20.3 Å². The van der Waals surface area contributed by atoms with E-state index in [1.165, 1.54) is 0 Å². The molecule has 1 N–H and O–H groups in total. The molecule has 0 aliphatic rings. The molecular formula is C13H18N2O2. The van der Waals surface area contributed by atoms with Crippen molar-refractivity contribution in [3.63, 3.8) is 0 Å². The minimum Gasteiger partial charge on any atom is -0.377 e. The van der Waals surface area contributed by atoms with Crippen molar-refractivity contribution in [2.45, 2.75) is 26.2 Å². The standard InChI is InChI=1S/C13H18N2O2/c1-9-5-6-11(8-14)7-12(9)15-10(2)13(16-3)17-4/h5-7,10,13,15H,1-4H3. The Bertz CT molecular complexity index is 408. The van der Waals surface area contributed by atoms with Gasteiger partial charge in [-0.3, -0.25) is 0 Å². The van der Waals surface area contributed by atoms with Gasteiger partial charge in [0.15, 0.2) is 6.29 Å². The second kappa shape index (κ2) is 6.24. The van der Waals surface area contributed by atoms with Gasteiger partial charge in [0, 0.05) is 19.9 Å². The first-order valence-corrected chi connectivity index (χ1v) is 5.45. The molecule has 0 aliphatic heterocycles. The van der Waals surface area contributed by atoms with Crippen LogP contribution in [0.5, 0.6) is 0 Å². The van der Waals surface area contributed by atoms with Gasteiger partial charge in [0.2, 0.25) is 0 Å². The highest BCUT2D eigenvalue weighted by molar-refractivity contribution is 5.55. The van der Waals surface area contributed by atoms with Crippen LogP contribution in [0, 0.1) is 18.3 Å². The minimum atomic E-state index is -0.319. The molecule has 0 amide bonds. The Labute approximate surface area is 102 Å². The number of hydrogen-bond acceptors (Lipinski definition) is 4. The van der Waals surface area contributed by atoms with Gasteiger partial charge in [0.05, 0.1) is 17.7 Å². The molecule has 0 spiro atoms. The van der Waals surface area contributed by atoms with Crippen molar-refractivity contribution in [3.8, 4) is 6.07 Å². The van der Waals surface area contributed by atoms with E-state index < -0.39 is 0 Å². The predicted molar refractivity (Wildman–Crippen MR) is 66.8 cm³/mol. The zero-order chi connectivity index (χ0) is 12.8. The van der Waals surface area contributed by atoms with E-state index in [-0.39, 0.29) is 12.3 Å². The Morgan fingerprint density at radius 1 is 1.29 bits per heavy atom. The Hall–Kier alpha value is -1.57. The molecule has 1 aromatic carbocycles. The van der Waals surface area contributed by atoms with Crippen LogP contribution in [-0.2, 0) is 9.47 Å². The Balaban J connectivity index is 2.84. The second-order valence-corrected chi connectivity index (χ2v) is 3.91. The summed E-state index contributed by atoms with van der Waals surface area (Å²) in [7, 11) is 3.20. The zero-order valence-electron chi connectivity index (χ0n) is 10.7. The molecule has 0 aromatic heterocycles. The van der Waals surface area contributed by atoms with E-state index >= 15 is 0 Å². The van der Waals surface area contributed by atoms with Crippen LogP contribution in [0.3, 0.4) is 0 Å². The summed E-state index contributed by atoms with van der Waals surface area (Å²) in [5.74, 6) is 0. The zero-order valence-corrected chi connectivity index (χ0v) is 10.7. The monoisotopic (exact) mass is 234 g/mol. The third-order valence-electron chi connectivity index (χ3n) is 2.62. The van der Waals surface area contributed by atoms with Crippen molar-refractivity contribution < 1.29 is 9.47 Å². The first-order valence-electron chi connectivity index (χ1n) is 5.45. The normalized spacial score (nSPS) is 12.2. The molecule has 0 radical (unpaired) electrons. The molecule has 1 aromatic rings. The quantitative estimate of drug-likeness (QED) is 0.794. The fraction of sp³-hybridized carbons (Fsp3) is 0.462. The molecule has 17 heavy (non-hydrogen) atoms. The van der Waals surface area contributed by atoms with Crippen LogP contribution in [0.4, 0.5) is 5.69 Å². The maximum Gasteiger partial charge on any atom is 0.176 e. The van der Waals surface area contributed by atoms with Crippen LogP contribution in [0.25, 0.3) is 0 Å². The average molecular weight is 234 g/mol. The molecule has 0 saturated carbocycles. The summed E-state index contributed by atoms with van der Waals surface area (Å²) in [5.41, 5.74) is 2.65. The average Bonchev–Trinajstić information content (AvgIpc) is 2.33. The molecule has 4 nitrogen and oxygen atoms in total. The number of nitrogens with zero attached hydrogens (tertiary/aromatic N) is 1. The number of nitrogens with one attached hydrogen (secondary N) is 1. The largest absolute Gasteiger partial charge is 0.377 e. The third kappa shape index (κ3) is 3.45. The van der Waals surface area contributed by atoms with E-state index in [2.05, 4.69) is 11.4 Å². The first-order chi connectivity index (χ1) is 8.12. The lowest BCUT2D eigenvalue weighted by Crippen LogP contribution is -2.34. The van der Waals surface area contributed by atoms with Crippen molar-refractivity contribution in [1.29, 1.82) is 5.26 Å². The highest BCUT2D eigenvalue weighted by atomic mass is 16.7. The van der Waals surface area contributed by atoms with Gasteiger partial charge in [-0.15, -0.1) is 0 Å². The van der Waals surface area contributed by atoms with Gasteiger partial charge < -0.3 is 14.8 Å². The van der Waals surface area contributed by atoms with Crippen molar-refractivity contribution in [2.24, 2.45) is 0 Å². The number of rotatable bonds is 5. The van der Waals surface area contributed by atoms with Crippen molar-refractivity contribution in [3.05, 3.63) is 29.3 Å². The van der Waals surface area contributed by atoms with E-state index in [0.717, 1.165) is 11.3 Å². The molecule has 0 aliphatic carbocycles. The van der Waals surface area contributed by atoms with Gasteiger partial charge in [-0.1, -0.05) is 6.07 Å². The van der Waals surface area contributed by atoms with Crippen LogP contribution in [0.15, 0.2) is 18.2 Å². The predicted octanol–water partition coefficient (Wildman–Crippen LogP) is 2.29. The van der Waals surface area contributed by atoms with Crippen LogP contribution >= 0.6 is 0 Å². The molecule has 0 heterocycles. The number of nitriles is 1. The molecule has 1 atom stereocenters. The summed E-state index contributed by atoms with van der Waals surface area (Å²) >= 11 is 0. The number of methoxy groups -OCH3 is 2. The van der Waals surface area contributed by atoms with Crippen LogP contribution in [-0.4, -0.2) is 26.6 Å². The fourth-order valence-corrected chi connectivity index (χ4v) is 1.66. The first kappa shape index (κ1) is 13.5. The maximum atomic E-state index is 8.86. The number of ether oxygens (including phenoxy) is 2. The van der Waals surface area contributed by atoms with Crippen molar-refractivity contribution >= 4 is 5.69 Å². The summed E-state index contributed by atoms with van der Waals surface area (Å²) in [6.45, 7) is 3.96. The van der Waals surface area contributed by atoms with E-state index in [1.807, 2.05) is 26.0 Å². The van der Waals surface area contributed by atoms with Gasteiger partial charge in [0.1, 0.15) is 0 Å². The number of anilines is 1. The minimum absolute atomic E-state index is 0.00218. The van der Waals surface area contributed by atoms with Crippen LogP contribution < -0.4 is 5.32 Å². The number of benzene rings is 1. The maximum absolute atomic E-state index is 8.86.